The minimum atomic E-state index is -0.00434. The number of aromatic nitrogens is 2. The van der Waals surface area contributed by atoms with Crippen LogP contribution in [0.5, 0.6) is 5.75 Å². The van der Waals surface area contributed by atoms with E-state index in [1.165, 1.54) is 0 Å². The van der Waals surface area contributed by atoms with Gasteiger partial charge in [-0.15, -0.1) is 0 Å². The van der Waals surface area contributed by atoms with Gasteiger partial charge in [0.25, 0.3) is 0 Å². The minimum absolute atomic E-state index is 0.00434. The third-order valence-electron chi connectivity index (χ3n) is 5.45. The third-order valence-corrected chi connectivity index (χ3v) is 5.45. The summed E-state index contributed by atoms with van der Waals surface area (Å²) in [6.07, 6.45) is 6.81. The smallest absolute Gasteiger partial charge is 0.318 e. The fourth-order valence-electron chi connectivity index (χ4n) is 4.10. The lowest BCUT2D eigenvalue weighted by Crippen LogP contribution is -2.46. The van der Waals surface area contributed by atoms with Crippen LogP contribution in [0.25, 0.3) is 0 Å². The molecule has 1 N–H and O–H groups in total. The molecule has 0 bridgehead atoms. The molecule has 26 heavy (non-hydrogen) atoms. The molecule has 0 spiro atoms. The summed E-state index contributed by atoms with van der Waals surface area (Å²) in [5.41, 5.74) is 2.18. The highest BCUT2D eigenvalue weighted by atomic mass is 16.5. The summed E-state index contributed by atoms with van der Waals surface area (Å²) in [4.78, 5) is 15.1. The number of amides is 2. The molecule has 2 aliphatic heterocycles. The summed E-state index contributed by atoms with van der Waals surface area (Å²) in [5, 5.41) is 7.56. The van der Waals surface area contributed by atoms with E-state index in [0.717, 1.165) is 55.7 Å². The number of hydrogen-bond acceptors (Lipinski definition) is 3. The van der Waals surface area contributed by atoms with Crippen molar-refractivity contribution in [3.8, 4) is 5.75 Å². The van der Waals surface area contributed by atoms with E-state index in [2.05, 4.69) is 16.5 Å². The van der Waals surface area contributed by atoms with Gasteiger partial charge in [0.1, 0.15) is 5.75 Å². The molecule has 2 amide bonds. The Morgan fingerprint density at radius 3 is 2.92 bits per heavy atom. The number of urea groups is 1. The molecule has 1 aromatic heterocycles. The highest BCUT2D eigenvalue weighted by Gasteiger charge is 2.31. The Labute approximate surface area is 154 Å². The Bertz CT molecular complexity index is 773. The molecule has 0 saturated carbocycles. The number of nitrogens with one attached hydrogen (secondary N) is 1. The summed E-state index contributed by atoms with van der Waals surface area (Å²) in [6, 6.07) is 10.1. The first-order valence-corrected chi connectivity index (χ1v) is 9.51. The van der Waals surface area contributed by atoms with E-state index in [4.69, 9.17) is 4.74 Å². The maximum Gasteiger partial charge on any atom is 0.318 e. The molecule has 4 rings (SSSR count). The molecule has 1 saturated heterocycles. The molecule has 0 radical (unpaired) electrons. The molecule has 138 valence electrons. The van der Waals surface area contributed by atoms with Crippen molar-refractivity contribution in [2.24, 2.45) is 7.05 Å². The zero-order valence-corrected chi connectivity index (χ0v) is 15.2. The quantitative estimate of drug-likeness (QED) is 0.897. The molecular weight excluding hydrogens is 328 g/mol. The van der Waals surface area contributed by atoms with E-state index < -0.39 is 0 Å². The van der Waals surface area contributed by atoms with Crippen molar-refractivity contribution < 1.29 is 9.53 Å². The zero-order chi connectivity index (χ0) is 17.9. The third kappa shape index (κ3) is 3.28. The lowest BCUT2D eigenvalue weighted by atomic mass is 9.99. The number of ether oxygens (including phenoxy) is 1. The van der Waals surface area contributed by atoms with Gasteiger partial charge in [-0.25, -0.2) is 4.79 Å². The summed E-state index contributed by atoms with van der Waals surface area (Å²) < 4.78 is 7.71. The lowest BCUT2D eigenvalue weighted by molar-refractivity contribution is 0.144. The number of benzene rings is 1. The van der Waals surface area contributed by atoms with Crippen molar-refractivity contribution in [1.29, 1.82) is 0 Å². The van der Waals surface area contributed by atoms with Crippen LogP contribution in [0.1, 0.15) is 55.4 Å². The van der Waals surface area contributed by atoms with Crippen LogP contribution < -0.4 is 10.1 Å². The predicted octanol–water partition coefficient (Wildman–Crippen LogP) is 3.57. The molecule has 2 aliphatic rings. The normalized spacial score (nSPS) is 22.9. The Morgan fingerprint density at radius 2 is 2.08 bits per heavy atom. The van der Waals surface area contributed by atoms with Gasteiger partial charge >= 0.3 is 6.03 Å². The number of piperidine rings is 1. The van der Waals surface area contributed by atoms with Crippen molar-refractivity contribution >= 4 is 6.03 Å². The van der Waals surface area contributed by atoms with Gasteiger partial charge in [0.2, 0.25) is 0 Å². The van der Waals surface area contributed by atoms with Crippen LogP contribution in [-0.2, 0) is 7.05 Å². The van der Waals surface area contributed by atoms with E-state index in [1.54, 1.807) is 6.20 Å². The first-order chi connectivity index (χ1) is 12.7. The lowest BCUT2D eigenvalue weighted by Gasteiger charge is -2.36. The average molecular weight is 354 g/mol. The SMILES string of the molecule is Cn1nccc1C1CCCCN1C(=O)NC1CCCOc2ccccc21. The standard InChI is InChI=1S/C20H26N4O2/c1-23-17(11-12-21-23)18-9-4-5-13-24(18)20(25)22-16-8-6-14-26-19-10-3-2-7-15(16)19/h2-3,7,10-12,16,18H,4-6,8-9,13-14H2,1H3,(H,22,25). The van der Waals surface area contributed by atoms with Crippen LogP contribution in [0.2, 0.25) is 0 Å². The van der Waals surface area contributed by atoms with E-state index in [0.29, 0.717) is 6.61 Å². The van der Waals surface area contributed by atoms with Gasteiger partial charge in [0.15, 0.2) is 0 Å². The van der Waals surface area contributed by atoms with Crippen LogP contribution in [0, 0.1) is 0 Å². The highest BCUT2D eigenvalue weighted by Crippen LogP contribution is 2.34. The van der Waals surface area contributed by atoms with Crippen LogP contribution in [0.3, 0.4) is 0 Å². The van der Waals surface area contributed by atoms with Gasteiger partial charge in [-0.2, -0.15) is 5.10 Å². The first kappa shape index (κ1) is 16.9. The summed E-state index contributed by atoms with van der Waals surface area (Å²) in [7, 11) is 1.94. The minimum Gasteiger partial charge on any atom is -0.493 e. The number of hydrogen-bond donors (Lipinski definition) is 1. The fourth-order valence-corrected chi connectivity index (χ4v) is 4.10. The number of para-hydroxylation sites is 1. The number of fused-ring (bicyclic) bond motifs is 1. The number of carbonyl (C=O) groups is 1. The monoisotopic (exact) mass is 354 g/mol. The Morgan fingerprint density at radius 1 is 1.19 bits per heavy atom. The van der Waals surface area contributed by atoms with E-state index >= 15 is 0 Å². The Hall–Kier alpha value is -2.50. The molecule has 2 aromatic rings. The summed E-state index contributed by atoms with van der Waals surface area (Å²) in [6.45, 7) is 1.48. The van der Waals surface area contributed by atoms with E-state index in [-0.39, 0.29) is 18.1 Å². The molecular formula is C20H26N4O2. The van der Waals surface area contributed by atoms with Crippen LogP contribution in [0.4, 0.5) is 4.79 Å². The van der Waals surface area contributed by atoms with Crippen LogP contribution in [-0.4, -0.2) is 33.9 Å². The van der Waals surface area contributed by atoms with Gasteiger partial charge in [-0.05, 0) is 44.2 Å². The summed E-state index contributed by atoms with van der Waals surface area (Å²) in [5.74, 6) is 0.886. The van der Waals surface area contributed by atoms with Crippen LogP contribution in [0.15, 0.2) is 36.5 Å². The number of aryl methyl sites for hydroxylation is 1. The number of nitrogens with zero attached hydrogens (tertiary/aromatic N) is 3. The molecule has 2 atom stereocenters. The van der Waals surface area contributed by atoms with E-state index in [1.807, 2.05) is 40.9 Å². The largest absolute Gasteiger partial charge is 0.493 e. The predicted molar refractivity (Wildman–Crippen MR) is 98.9 cm³/mol. The van der Waals surface area contributed by atoms with Gasteiger partial charge in [-0.3, -0.25) is 4.68 Å². The van der Waals surface area contributed by atoms with Gasteiger partial charge < -0.3 is 15.0 Å². The molecule has 0 aliphatic carbocycles. The van der Waals surface area contributed by atoms with E-state index in [9.17, 15) is 4.79 Å². The maximum absolute atomic E-state index is 13.1. The van der Waals surface area contributed by atoms with Gasteiger partial charge in [0, 0.05) is 25.4 Å². The highest BCUT2D eigenvalue weighted by molar-refractivity contribution is 5.75. The van der Waals surface area contributed by atoms with Gasteiger partial charge in [-0.1, -0.05) is 18.2 Å². The number of likely N-dealkylation sites (tertiary alicyclic amines) is 1. The van der Waals surface area contributed by atoms with Crippen molar-refractivity contribution in [2.75, 3.05) is 13.2 Å². The molecule has 3 heterocycles. The molecule has 1 aromatic carbocycles. The fraction of sp³-hybridized carbons (Fsp3) is 0.500. The van der Waals surface area contributed by atoms with Gasteiger partial charge in [0.05, 0.1) is 24.4 Å². The van der Waals surface area contributed by atoms with Crippen molar-refractivity contribution in [1.82, 2.24) is 20.0 Å². The molecule has 1 fully saturated rings. The van der Waals surface area contributed by atoms with Crippen molar-refractivity contribution in [2.45, 2.75) is 44.2 Å². The second-order valence-corrected chi connectivity index (χ2v) is 7.12. The van der Waals surface area contributed by atoms with Crippen LogP contribution >= 0.6 is 0 Å². The molecule has 6 heteroatoms. The second-order valence-electron chi connectivity index (χ2n) is 7.12. The molecule has 2 unspecified atom stereocenters. The average Bonchev–Trinajstić information content (AvgIpc) is 2.99. The number of rotatable bonds is 2. The van der Waals surface area contributed by atoms with Crippen molar-refractivity contribution in [3.05, 3.63) is 47.8 Å². The van der Waals surface area contributed by atoms with Crippen molar-refractivity contribution in [3.63, 3.8) is 0 Å². The topological polar surface area (TPSA) is 59.4 Å². The second kappa shape index (κ2) is 7.40. The number of carbonyl (C=O) groups excluding carboxylic acids is 1. The summed E-state index contributed by atoms with van der Waals surface area (Å²) >= 11 is 0. The zero-order valence-electron chi connectivity index (χ0n) is 15.2. The maximum atomic E-state index is 13.1. The Kier molecular flexibility index (Phi) is 4.82. The Balaban J connectivity index is 1.54. The first-order valence-electron chi connectivity index (χ1n) is 9.51. The molecule has 6 nitrogen and oxygen atoms in total.